The highest BCUT2D eigenvalue weighted by Crippen LogP contribution is 2.25. The molecule has 2 aromatic heterocycles. The number of benzene rings is 1. The third-order valence-corrected chi connectivity index (χ3v) is 3.34. The minimum absolute atomic E-state index is 0.152. The summed E-state index contributed by atoms with van der Waals surface area (Å²) in [5.74, 6) is 0.551. The molecule has 0 aliphatic carbocycles. The number of ether oxygens (including phenoxy) is 1. The summed E-state index contributed by atoms with van der Waals surface area (Å²) in [7, 11) is 1.59. The second kappa shape index (κ2) is 5.80. The number of methoxy groups -OCH3 is 1. The lowest BCUT2D eigenvalue weighted by Gasteiger charge is -2.03. The monoisotopic (exact) mass is 301 g/mol. The zero-order chi connectivity index (χ0) is 15.5. The molecule has 0 radical (unpaired) electrons. The van der Waals surface area contributed by atoms with Crippen molar-refractivity contribution in [1.82, 2.24) is 15.3 Å². The molecule has 3 rings (SSSR count). The lowest BCUT2D eigenvalue weighted by molar-refractivity contribution is -0.120. The molecule has 2 heterocycles. The number of amides is 1. The van der Waals surface area contributed by atoms with Crippen LogP contribution in [0, 0.1) is 0 Å². The quantitative estimate of drug-likeness (QED) is 0.661. The van der Waals surface area contributed by atoms with E-state index < -0.39 is 0 Å². The summed E-state index contributed by atoms with van der Waals surface area (Å²) in [6, 6.07) is 5.47. The zero-order valence-corrected chi connectivity index (χ0v) is 11.9. The number of carbonyl (C=O) groups is 1. The second-order valence-electron chi connectivity index (χ2n) is 4.84. The van der Waals surface area contributed by atoms with Crippen molar-refractivity contribution in [3.8, 4) is 5.75 Å². The zero-order valence-electron chi connectivity index (χ0n) is 11.9. The van der Waals surface area contributed by atoms with Gasteiger partial charge in [0.2, 0.25) is 5.91 Å². The maximum absolute atomic E-state index is 12.0. The fourth-order valence-electron chi connectivity index (χ4n) is 2.22. The summed E-state index contributed by atoms with van der Waals surface area (Å²) in [6.45, 7) is 0.265. The van der Waals surface area contributed by atoms with Crippen molar-refractivity contribution in [2.45, 2.75) is 13.0 Å². The molecule has 0 aliphatic heterocycles. The van der Waals surface area contributed by atoms with E-state index >= 15 is 0 Å². The largest absolute Gasteiger partial charge is 0.497 e. The molecule has 22 heavy (non-hydrogen) atoms. The van der Waals surface area contributed by atoms with E-state index in [4.69, 9.17) is 9.15 Å². The summed E-state index contributed by atoms with van der Waals surface area (Å²) in [5, 5.41) is 3.62. The Kier molecular flexibility index (Phi) is 3.69. The highest BCUT2D eigenvalue weighted by molar-refractivity contribution is 5.88. The molecule has 3 aromatic rings. The maximum atomic E-state index is 12.0. The number of fused-ring (bicyclic) bond motifs is 1. The maximum Gasteiger partial charge on any atom is 0.323 e. The predicted molar refractivity (Wildman–Crippen MR) is 79.7 cm³/mol. The van der Waals surface area contributed by atoms with Crippen LogP contribution in [0.3, 0.4) is 0 Å². The van der Waals surface area contributed by atoms with Crippen LogP contribution in [-0.2, 0) is 17.8 Å². The van der Waals surface area contributed by atoms with Crippen LogP contribution in [0.25, 0.3) is 11.0 Å². The van der Waals surface area contributed by atoms with Crippen LogP contribution in [-0.4, -0.2) is 23.0 Å². The number of hydrogen-bond donors (Lipinski definition) is 3. The van der Waals surface area contributed by atoms with Gasteiger partial charge in [0.05, 0.1) is 32.0 Å². The first-order valence-electron chi connectivity index (χ1n) is 6.73. The van der Waals surface area contributed by atoms with Gasteiger partial charge >= 0.3 is 5.69 Å². The molecule has 3 N–H and O–H groups in total. The fourth-order valence-corrected chi connectivity index (χ4v) is 2.22. The Bertz CT molecular complexity index is 859. The molecular weight excluding hydrogens is 286 g/mol. The van der Waals surface area contributed by atoms with Crippen LogP contribution in [0.5, 0.6) is 5.75 Å². The number of nitrogens with one attached hydrogen (secondary N) is 3. The lowest BCUT2D eigenvalue weighted by Crippen LogP contribution is -2.24. The molecule has 0 saturated carbocycles. The Morgan fingerprint density at radius 3 is 3.00 bits per heavy atom. The molecule has 0 atom stereocenters. The van der Waals surface area contributed by atoms with Gasteiger partial charge in [-0.1, -0.05) is 0 Å². The standard InChI is InChI=1S/C15H15N3O4/c1-21-11-2-3-12-9(8-22-13(12)5-11)4-14(19)16-6-10-7-17-15(20)18-10/h2-3,5,7-8H,4,6H2,1H3,(H,16,19)(H2,17,18,20). The fraction of sp³-hybridized carbons (Fsp3) is 0.200. The minimum atomic E-state index is -0.293. The summed E-state index contributed by atoms with van der Waals surface area (Å²) in [6.07, 6.45) is 3.30. The number of furan rings is 1. The lowest BCUT2D eigenvalue weighted by atomic mass is 10.1. The molecule has 0 aliphatic rings. The summed E-state index contributed by atoms with van der Waals surface area (Å²) >= 11 is 0. The van der Waals surface area contributed by atoms with E-state index in [2.05, 4.69) is 15.3 Å². The highest BCUT2D eigenvalue weighted by atomic mass is 16.5. The summed E-state index contributed by atoms with van der Waals surface area (Å²) < 4.78 is 10.6. The molecule has 7 nitrogen and oxygen atoms in total. The molecule has 1 aromatic carbocycles. The molecular formula is C15H15N3O4. The van der Waals surface area contributed by atoms with Gasteiger partial charge in [0, 0.05) is 23.2 Å². The van der Waals surface area contributed by atoms with Crippen LogP contribution in [0.15, 0.2) is 39.9 Å². The molecule has 0 saturated heterocycles. The van der Waals surface area contributed by atoms with Gasteiger partial charge in [-0.05, 0) is 12.1 Å². The van der Waals surface area contributed by atoms with Crippen LogP contribution >= 0.6 is 0 Å². The second-order valence-corrected chi connectivity index (χ2v) is 4.84. The van der Waals surface area contributed by atoms with Crippen molar-refractivity contribution in [3.63, 3.8) is 0 Å². The summed E-state index contributed by atoms with van der Waals surface area (Å²) in [5.41, 5.74) is 1.81. The molecule has 1 amide bonds. The van der Waals surface area contributed by atoms with Gasteiger partial charge in [-0.15, -0.1) is 0 Å². The van der Waals surface area contributed by atoms with Crippen molar-refractivity contribution >= 4 is 16.9 Å². The van der Waals surface area contributed by atoms with E-state index in [-0.39, 0.29) is 24.6 Å². The number of hydrogen-bond acceptors (Lipinski definition) is 4. The number of H-pyrrole nitrogens is 2. The first kappa shape index (κ1) is 14.0. The first-order valence-corrected chi connectivity index (χ1v) is 6.73. The van der Waals surface area contributed by atoms with Crippen LogP contribution < -0.4 is 15.7 Å². The van der Waals surface area contributed by atoms with Crippen molar-refractivity contribution in [2.24, 2.45) is 0 Å². The van der Waals surface area contributed by atoms with Gasteiger partial charge in [0.15, 0.2) is 0 Å². The van der Waals surface area contributed by atoms with Crippen molar-refractivity contribution in [3.05, 3.63) is 52.4 Å². The van der Waals surface area contributed by atoms with E-state index in [1.165, 1.54) is 6.20 Å². The smallest absolute Gasteiger partial charge is 0.323 e. The van der Waals surface area contributed by atoms with Crippen molar-refractivity contribution < 1.29 is 13.9 Å². The first-order chi connectivity index (χ1) is 10.7. The SMILES string of the molecule is COc1ccc2c(CC(=O)NCc3c[nH]c(=O)[nH]3)coc2c1. The number of imidazole rings is 1. The van der Waals surface area contributed by atoms with E-state index in [1.54, 1.807) is 19.4 Å². The van der Waals surface area contributed by atoms with Gasteiger partial charge in [0.25, 0.3) is 0 Å². The Morgan fingerprint density at radius 1 is 1.41 bits per heavy atom. The van der Waals surface area contributed by atoms with Gasteiger partial charge < -0.3 is 24.4 Å². The Balaban J connectivity index is 1.67. The molecule has 114 valence electrons. The topological polar surface area (TPSA) is 100 Å². The average molecular weight is 301 g/mol. The number of carbonyl (C=O) groups excluding carboxylic acids is 1. The van der Waals surface area contributed by atoms with E-state index in [9.17, 15) is 9.59 Å². The third kappa shape index (κ3) is 2.88. The average Bonchev–Trinajstić information content (AvgIpc) is 3.11. The minimum Gasteiger partial charge on any atom is -0.497 e. The Hall–Kier alpha value is -2.96. The van der Waals surface area contributed by atoms with Gasteiger partial charge in [-0.2, -0.15) is 0 Å². The number of aromatic amines is 2. The van der Waals surface area contributed by atoms with Gasteiger partial charge in [-0.3, -0.25) is 4.79 Å². The van der Waals surface area contributed by atoms with Crippen molar-refractivity contribution in [1.29, 1.82) is 0 Å². The molecule has 7 heteroatoms. The molecule has 0 unspecified atom stereocenters. The van der Waals surface area contributed by atoms with Gasteiger partial charge in [-0.25, -0.2) is 4.79 Å². The molecule has 0 bridgehead atoms. The van der Waals surface area contributed by atoms with Crippen LogP contribution in [0.2, 0.25) is 0 Å². The van der Waals surface area contributed by atoms with Crippen molar-refractivity contribution in [2.75, 3.05) is 7.11 Å². The van der Waals surface area contributed by atoms with E-state index in [1.807, 2.05) is 12.1 Å². The van der Waals surface area contributed by atoms with Crippen LogP contribution in [0.4, 0.5) is 0 Å². The van der Waals surface area contributed by atoms with E-state index in [0.717, 1.165) is 10.9 Å². The third-order valence-electron chi connectivity index (χ3n) is 3.34. The van der Waals surface area contributed by atoms with Gasteiger partial charge in [0.1, 0.15) is 11.3 Å². The molecule has 0 fully saturated rings. The van der Waals surface area contributed by atoms with Crippen LogP contribution in [0.1, 0.15) is 11.3 Å². The number of aromatic nitrogens is 2. The Morgan fingerprint density at radius 2 is 2.27 bits per heavy atom. The molecule has 0 spiro atoms. The highest BCUT2D eigenvalue weighted by Gasteiger charge is 2.11. The van der Waals surface area contributed by atoms with E-state index in [0.29, 0.717) is 17.0 Å². The summed E-state index contributed by atoms with van der Waals surface area (Å²) in [4.78, 5) is 28.0. The number of rotatable bonds is 5. The Labute approximate surface area is 125 Å². The normalized spacial score (nSPS) is 10.8. The predicted octanol–water partition coefficient (Wildman–Crippen LogP) is 1.32.